The van der Waals surface area contributed by atoms with Crippen LogP contribution in [0.5, 0.6) is 0 Å². The number of amides is 1. The van der Waals surface area contributed by atoms with Crippen molar-refractivity contribution in [2.75, 3.05) is 19.6 Å². The number of hydrogen-bond donors (Lipinski definition) is 1. The van der Waals surface area contributed by atoms with Crippen molar-refractivity contribution in [1.82, 2.24) is 14.7 Å². The number of nitrogens with two attached hydrogens (primary N) is 1. The van der Waals surface area contributed by atoms with Gasteiger partial charge in [-0.3, -0.25) is 4.79 Å². The van der Waals surface area contributed by atoms with E-state index >= 15 is 0 Å². The first-order valence-electron chi connectivity index (χ1n) is 8.05. The smallest absolute Gasteiger partial charge is 0.257 e. The number of aryl methyl sites for hydroxylation is 1. The largest absolute Gasteiger partial charge is 0.338 e. The Kier molecular flexibility index (Phi) is 3.98. The molecule has 0 bridgehead atoms. The van der Waals surface area contributed by atoms with E-state index in [-0.39, 0.29) is 11.3 Å². The van der Waals surface area contributed by atoms with Crippen LogP contribution in [0.1, 0.15) is 35.0 Å². The van der Waals surface area contributed by atoms with E-state index < -0.39 is 0 Å². The molecule has 0 spiro atoms. The lowest BCUT2D eigenvalue weighted by molar-refractivity contribution is 0.0776. The molecule has 5 heteroatoms. The number of likely N-dealkylation sites (tertiary alicyclic amines) is 1. The molecule has 1 unspecified atom stereocenters. The first kappa shape index (κ1) is 15.7. The van der Waals surface area contributed by atoms with Gasteiger partial charge in [0.15, 0.2) is 0 Å². The maximum Gasteiger partial charge on any atom is 0.257 e. The number of rotatable bonds is 3. The fourth-order valence-corrected chi connectivity index (χ4v) is 3.20. The molecule has 1 amide bonds. The molecule has 0 aliphatic carbocycles. The molecular weight excluding hydrogens is 288 g/mol. The molecule has 1 aromatic carbocycles. The van der Waals surface area contributed by atoms with Crippen LogP contribution in [0, 0.1) is 19.3 Å². The van der Waals surface area contributed by atoms with Crippen molar-refractivity contribution in [2.24, 2.45) is 11.1 Å². The molecule has 2 N–H and O–H groups in total. The molecule has 0 saturated carbocycles. The summed E-state index contributed by atoms with van der Waals surface area (Å²) in [5.41, 5.74) is 9.58. The van der Waals surface area contributed by atoms with Crippen molar-refractivity contribution in [1.29, 1.82) is 0 Å². The van der Waals surface area contributed by atoms with Crippen molar-refractivity contribution in [3.63, 3.8) is 0 Å². The first-order chi connectivity index (χ1) is 10.9. The molecule has 23 heavy (non-hydrogen) atoms. The van der Waals surface area contributed by atoms with Gasteiger partial charge in [0.25, 0.3) is 5.91 Å². The van der Waals surface area contributed by atoms with Gasteiger partial charge < -0.3 is 10.6 Å². The molecule has 122 valence electrons. The molecular formula is C18H24N4O. The molecule has 2 heterocycles. The van der Waals surface area contributed by atoms with Crippen molar-refractivity contribution >= 4 is 5.91 Å². The number of benzene rings is 1. The number of hydrogen-bond acceptors (Lipinski definition) is 3. The quantitative estimate of drug-likeness (QED) is 0.946. The Labute approximate surface area is 137 Å². The molecule has 5 nitrogen and oxygen atoms in total. The summed E-state index contributed by atoms with van der Waals surface area (Å²) in [7, 11) is 0. The Morgan fingerprint density at radius 2 is 2.09 bits per heavy atom. The SMILES string of the molecule is Cc1ccccc1-n1ncc(C(=O)N2CCC(C)(CN)C2)c1C. The van der Waals surface area contributed by atoms with E-state index in [1.54, 1.807) is 6.20 Å². The molecule has 0 radical (unpaired) electrons. The molecule has 1 aliphatic rings. The second-order valence-corrected chi connectivity index (χ2v) is 6.83. The molecule has 1 atom stereocenters. The number of carbonyl (C=O) groups excluding carboxylic acids is 1. The highest BCUT2D eigenvalue weighted by atomic mass is 16.2. The summed E-state index contributed by atoms with van der Waals surface area (Å²) in [6, 6.07) is 8.05. The van der Waals surface area contributed by atoms with E-state index in [9.17, 15) is 4.79 Å². The Balaban J connectivity index is 1.88. The highest BCUT2D eigenvalue weighted by Gasteiger charge is 2.36. The van der Waals surface area contributed by atoms with Crippen molar-refractivity contribution in [3.8, 4) is 5.69 Å². The molecule has 1 aromatic heterocycles. The van der Waals surface area contributed by atoms with Gasteiger partial charge in [-0.25, -0.2) is 4.68 Å². The molecule has 1 fully saturated rings. The number of para-hydroxylation sites is 1. The van der Waals surface area contributed by atoms with E-state index in [4.69, 9.17) is 5.73 Å². The normalized spacial score (nSPS) is 21.0. The summed E-state index contributed by atoms with van der Waals surface area (Å²) in [5.74, 6) is 0.0551. The second-order valence-electron chi connectivity index (χ2n) is 6.83. The predicted octanol–water partition coefficient (Wildman–Crippen LogP) is 2.30. The Morgan fingerprint density at radius 3 is 2.74 bits per heavy atom. The van der Waals surface area contributed by atoms with E-state index in [1.165, 1.54) is 0 Å². The Bertz CT molecular complexity index is 736. The van der Waals surface area contributed by atoms with Crippen LogP contribution in [-0.4, -0.2) is 40.2 Å². The zero-order valence-electron chi connectivity index (χ0n) is 14.0. The van der Waals surface area contributed by atoms with Gasteiger partial charge in [0.1, 0.15) is 0 Å². The van der Waals surface area contributed by atoms with Crippen LogP contribution in [0.2, 0.25) is 0 Å². The monoisotopic (exact) mass is 312 g/mol. The van der Waals surface area contributed by atoms with E-state index in [2.05, 4.69) is 12.0 Å². The highest BCUT2D eigenvalue weighted by molar-refractivity contribution is 5.95. The molecule has 1 saturated heterocycles. The third-order valence-electron chi connectivity index (χ3n) is 4.92. The van der Waals surface area contributed by atoms with Crippen LogP contribution in [0.4, 0.5) is 0 Å². The van der Waals surface area contributed by atoms with Crippen LogP contribution in [0.3, 0.4) is 0 Å². The van der Waals surface area contributed by atoms with Gasteiger partial charge in [-0.2, -0.15) is 5.10 Å². The maximum absolute atomic E-state index is 12.8. The summed E-state index contributed by atoms with van der Waals surface area (Å²) >= 11 is 0. The predicted molar refractivity (Wildman–Crippen MR) is 90.7 cm³/mol. The van der Waals surface area contributed by atoms with Gasteiger partial charge in [-0.1, -0.05) is 25.1 Å². The molecule has 3 rings (SSSR count). The maximum atomic E-state index is 12.8. The highest BCUT2D eigenvalue weighted by Crippen LogP contribution is 2.30. The van der Waals surface area contributed by atoms with Crippen LogP contribution < -0.4 is 5.73 Å². The summed E-state index contributed by atoms with van der Waals surface area (Å²) in [6.45, 7) is 8.23. The lowest BCUT2D eigenvalue weighted by Crippen LogP contribution is -2.34. The Morgan fingerprint density at radius 1 is 1.35 bits per heavy atom. The van der Waals surface area contributed by atoms with Gasteiger partial charge in [-0.15, -0.1) is 0 Å². The lowest BCUT2D eigenvalue weighted by atomic mass is 9.90. The average Bonchev–Trinajstić information content (AvgIpc) is 3.12. The summed E-state index contributed by atoms with van der Waals surface area (Å²) in [5, 5.41) is 4.44. The lowest BCUT2D eigenvalue weighted by Gasteiger charge is -2.22. The molecule has 2 aromatic rings. The number of aromatic nitrogens is 2. The topological polar surface area (TPSA) is 64.2 Å². The fourth-order valence-electron chi connectivity index (χ4n) is 3.20. The number of carbonyl (C=O) groups is 1. The van der Waals surface area contributed by atoms with E-state index in [1.807, 2.05) is 47.7 Å². The first-order valence-corrected chi connectivity index (χ1v) is 8.05. The third kappa shape index (κ3) is 2.77. The van der Waals surface area contributed by atoms with Crippen LogP contribution >= 0.6 is 0 Å². The summed E-state index contributed by atoms with van der Waals surface area (Å²) in [4.78, 5) is 14.7. The van der Waals surface area contributed by atoms with Gasteiger partial charge in [0, 0.05) is 13.1 Å². The van der Waals surface area contributed by atoms with Gasteiger partial charge in [0.05, 0.1) is 23.1 Å². The van der Waals surface area contributed by atoms with Crippen molar-refractivity contribution in [2.45, 2.75) is 27.2 Å². The summed E-state index contributed by atoms with van der Waals surface area (Å²) < 4.78 is 1.85. The van der Waals surface area contributed by atoms with Gasteiger partial charge >= 0.3 is 0 Å². The van der Waals surface area contributed by atoms with Gasteiger partial charge in [0.2, 0.25) is 0 Å². The van der Waals surface area contributed by atoms with Crippen LogP contribution in [0.25, 0.3) is 5.69 Å². The Hall–Kier alpha value is -2.14. The minimum absolute atomic E-state index is 0.0373. The minimum atomic E-state index is 0.0373. The summed E-state index contributed by atoms with van der Waals surface area (Å²) in [6.07, 6.45) is 2.64. The fraction of sp³-hybridized carbons (Fsp3) is 0.444. The van der Waals surface area contributed by atoms with Crippen LogP contribution in [0.15, 0.2) is 30.5 Å². The zero-order chi connectivity index (χ0) is 16.6. The minimum Gasteiger partial charge on any atom is -0.338 e. The third-order valence-corrected chi connectivity index (χ3v) is 4.92. The standard InChI is InChI=1S/C18H24N4O/c1-13-6-4-5-7-16(13)22-14(2)15(10-20-22)17(23)21-9-8-18(3,11-19)12-21/h4-7,10H,8-9,11-12,19H2,1-3H3. The molecule has 1 aliphatic heterocycles. The van der Waals surface area contributed by atoms with Gasteiger partial charge in [-0.05, 0) is 43.9 Å². The van der Waals surface area contributed by atoms with E-state index in [0.29, 0.717) is 12.1 Å². The van der Waals surface area contributed by atoms with E-state index in [0.717, 1.165) is 36.5 Å². The average molecular weight is 312 g/mol. The zero-order valence-corrected chi connectivity index (χ0v) is 14.0. The van der Waals surface area contributed by atoms with Crippen molar-refractivity contribution in [3.05, 3.63) is 47.3 Å². The number of nitrogens with zero attached hydrogens (tertiary/aromatic N) is 3. The van der Waals surface area contributed by atoms with Crippen LogP contribution in [-0.2, 0) is 0 Å². The second kappa shape index (κ2) is 5.81. The van der Waals surface area contributed by atoms with Crippen molar-refractivity contribution < 1.29 is 4.79 Å².